The van der Waals surface area contributed by atoms with Gasteiger partial charge < -0.3 is 4.57 Å². The van der Waals surface area contributed by atoms with Crippen molar-refractivity contribution in [1.29, 1.82) is 0 Å². The van der Waals surface area contributed by atoms with Crippen molar-refractivity contribution in [3.63, 3.8) is 0 Å². The summed E-state index contributed by atoms with van der Waals surface area (Å²) < 4.78 is 1.75. The first-order valence-electron chi connectivity index (χ1n) is 8.41. The summed E-state index contributed by atoms with van der Waals surface area (Å²) >= 11 is 0. The molecular formula is C23H19NO. The molecule has 0 saturated carbocycles. The van der Waals surface area contributed by atoms with Gasteiger partial charge >= 0.3 is 0 Å². The average molecular weight is 325 g/mol. The number of nitrogens with zero attached hydrogens (tertiary/aromatic N) is 1. The first kappa shape index (κ1) is 15.4. The molecule has 0 aliphatic heterocycles. The standard InChI is InChI=1S/C23H19NO/c1-16-12-14-18(15-13-16)21-19-10-6-7-11-20(19)24(2)23(25)22(21)17-8-4-3-5-9-17/h3-15H,1-2H3. The third kappa shape index (κ3) is 2.56. The van der Waals surface area contributed by atoms with Crippen LogP contribution >= 0.6 is 0 Å². The van der Waals surface area contributed by atoms with E-state index in [1.54, 1.807) is 4.57 Å². The van der Waals surface area contributed by atoms with E-state index in [0.29, 0.717) is 0 Å². The number of fused-ring (bicyclic) bond motifs is 1. The summed E-state index contributed by atoms with van der Waals surface area (Å²) in [6.45, 7) is 2.07. The van der Waals surface area contributed by atoms with E-state index >= 15 is 0 Å². The second kappa shape index (κ2) is 6.06. The third-order valence-corrected chi connectivity index (χ3v) is 4.71. The fourth-order valence-corrected chi connectivity index (χ4v) is 3.39. The van der Waals surface area contributed by atoms with Gasteiger partial charge in [-0.2, -0.15) is 0 Å². The minimum Gasteiger partial charge on any atom is -0.311 e. The number of rotatable bonds is 2. The number of pyridine rings is 1. The van der Waals surface area contributed by atoms with Crippen LogP contribution in [0.2, 0.25) is 0 Å². The minimum absolute atomic E-state index is 0.0282. The van der Waals surface area contributed by atoms with Crippen molar-refractivity contribution in [2.75, 3.05) is 0 Å². The largest absolute Gasteiger partial charge is 0.311 e. The summed E-state index contributed by atoms with van der Waals surface area (Å²) in [6.07, 6.45) is 0. The number of aryl methyl sites for hydroxylation is 2. The number of hydrogen-bond donors (Lipinski definition) is 0. The average Bonchev–Trinajstić information content (AvgIpc) is 2.66. The minimum atomic E-state index is 0.0282. The lowest BCUT2D eigenvalue weighted by Gasteiger charge is -2.16. The lowest BCUT2D eigenvalue weighted by Crippen LogP contribution is -2.20. The predicted octanol–water partition coefficient (Wildman–Crippen LogP) is 5.18. The Kier molecular flexibility index (Phi) is 3.73. The molecule has 0 aliphatic carbocycles. The summed E-state index contributed by atoms with van der Waals surface area (Å²) in [6, 6.07) is 26.4. The van der Waals surface area contributed by atoms with Gasteiger partial charge in [0.25, 0.3) is 5.56 Å². The molecule has 3 aromatic carbocycles. The number of hydrogen-bond acceptors (Lipinski definition) is 1. The molecule has 2 heteroatoms. The highest BCUT2D eigenvalue weighted by Gasteiger charge is 2.17. The molecule has 0 fully saturated rings. The van der Waals surface area contributed by atoms with Crippen LogP contribution < -0.4 is 5.56 Å². The maximum Gasteiger partial charge on any atom is 0.259 e. The van der Waals surface area contributed by atoms with Gasteiger partial charge in [0.15, 0.2) is 0 Å². The Labute approximate surface area is 147 Å². The van der Waals surface area contributed by atoms with Crippen LogP contribution in [0.1, 0.15) is 5.56 Å². The van der Waals surface area contributed by atoms with Crippen molar-refractivity contribution in [2.24, 2.45) is 7.05 Å². The molecule has 4 aromatic rings. The molecule has 0 atom stereocenters. The van der Waals surface area contributed by atoms with E-state index in [2.05, 4.69) is 37.3 Å². The Morgan fingerprint density at radius 3 is 2.00 bits per heavy atom. The highest BCUT2D eigenvalue weighted by molar-refractivity contribution is 6.02. The quantitative estimate of drug-likeness (QED) is 0.498. The van der Waals surface area contributed by atoms with Crippen LogP contribution in [0.4, 0.5) is 0 Å². The van der Waals surface area contributed by atoms with Crippen molar-refractivity contribution in [2.45, 2.75) is 6.92 Å². The summed E-state index contributed by atoms with van der Waals surface area (Å²) in [5.74, 6) is 0. The number of para-hydroxylation sites is 1. The van der Waals surface area contributed by atoms with Crippen LogP contribution in [-0.4, -0.2) is 4.57 Å². The van der Waals surface area contributed by atoms with E-state index in [1.165, 1.54) is 5.56 Å². The molecule has 1 aromatic heterocycles. The number of aromatic nitrogens is 1. The molecule has 4 rings (SSSR count). The summed E-state index contributed by atoms with van der Waals surface area (Å²) in [4.78, 5) is 13.2. The molecule has 1 heterocycles. The second-order valence-corrected chi connectivity index (χ2v) is 6.36. The second-order valence-electron chi connectivity index (χ2n) is 6.36. The molecule has 0 saturated heterocycles. The molecule has 0 radical (unpaired) electrons. The SMILES string of the molecule is Cc1ccc(-c2c(-c3ccccc3)c(=O)n(C)c3ccccc23)cc1. The van der Waals surface area contributed by atoms with Crippen molar-refractivity contribution in [1.82, 2.24) is 4.57 Å². The first-order chi connectivity index (χ1) is 12.2. The third-order valence-electron chi connectivity index (χ3n) is 4.71. The van der Waals surface area contributed by atoms with Crippen LogP contribution in [0.3, 0.4) is 0 Å². The first-order valence-corrected chi connectivity index (χ1v) is 8.41. The van der Waals surface area contributed by atoms with Gasteiger partial charge in [-0.15, -0.1) is 0 Å². The van der Waals surface area contributed by atoms with Crippen molar-refractivity contribution in [3.05, 3.63) is 94.8 Å². The highest BCUT2D eigenvalue weighted by Crippen LogP contribution is 2.35. The topological polar surface area (TPSA) is 22.0 Å². The van der Waals surface area contributed by atoms with Crippen molar-refractivity contribution < 1.29 is 0 Å². The zero-order valence-corrected chi connectivity index (χ0v) is 14.4. The Bertz CT molecular complexity index is 1110. The molecule has 122 valence electrons. The maximum atomic E-state index is 13.2. The van der Waals surface area contributed by atoms with Crippen LogP contribution in [0.15, 0.2) is 83.7 Å². The van der Waals surface area contributed by atoms with Gasteiger partial charge in [-0.1, -0.05) is 78.4 Å². The van der Waals surface area contributed by atoms with Crippen molar-refractivity contribution >= 4 is 10.9 Å². The van der Waals surface area contributed by atoms with Crippen LogP contribution in [0, 0.1) is 6.92 Å². The molecule has 2 nitrogen and oxygen atoms in total. The van der Waals surface area contributed by atoms with E-state index in [0.717, 1.165) is 33.2 Å². The van der Waals surface area contributed by atoms with E-state index in [1.807, 2.05) is 55.6 Å². The van der Waals surface area contributed by atoms with Crippen LogP contribution in [0.5, 0.6) is 0 Å². The van der Waals surface area contributed by atoms with Gasteiger partial charge in [0.2, 0.25) is 0 Å². The van der Waals surface area contributed by atoms with Gasteiger partial charge in [-0.3, -0.25) is 4.79 Å². The monoisotopic (exact) mass is 325 g/mol. The molecule has 0 N–H and O–H groups in total. The Balaban J connectivity index is 2.20. The fourth-order valence-electron chi connectivity index (χ4n) is 3.39. The van der Waals surface area contributed by atoms with Crippen LogP contribution in [-0.2, 0) is 7.05 Å². The summed E-state index contributed by atoms with van der Waals surface area (Å²) in [5.41, 5.74) is 5.96. The Morgan fingerprint density at radius 1 is 0.680 bits per heavy atom. The highest BCUT2D eigenvalue weighted by atomic mass is 16.1. The maximum absolute atomic E-state index is 13.2. The van der Waals surface area contributed by atoms with Gasteiger partial charge in [0.05, 0.1) is 11.1 Å². The molecule has 0 unspecified atom stereocenters. The molecule has 0 aliphatic rings. The number of benzene rings is 3. The zero-order valence-electron chi connectivity index (χ0n) is 14.4. The Morgan fingerprint density at radius 2 is 1.28 bits per heavy atom. The summed E-state index contributed by atoms with van der Waals surface area (Å²) in [5, 5.41) is 1.09. The smallest absolute Gasteiger partial charge is 0.259 e. The van der Waals surface area contributed by atoms with Crippen LogP contribution in [0.25, 0.3) is 33.2 Å². The molecule has 0 spiro atoms. The zero-order chi connectivity index (χ0) is 17.4. The molecule has 0 amide bonds. The predicted molar refractivity (Wildman–Crippen MR) is 105 cm³/mol. The molecular weight excluding hydrogens is 306 g/mol. The van der Waals surface area contributed by atoms with E-state index in [9.17, 15) is 4.79 Å². The van der Waals surface area contributed by atoms with E-state index < -0.39 is 0 Å². The normalized spacial score (nSPS) is 11.0. The molecule has 25 heavy (non-hydrogen) atoms. The van der Waals surface area contributed by atoms with Gasteiger partial charge in [-0.25, -0.2) is 0 Å². The van der Waals surface area contributed by atoms with Gasteiger partial charge in [0.1, 0.15) is 0 Å². The molecule has 0 bridgehead atoms. The lowest BCUT2D eigenvalue weighted by molar-refractivity contribution is 0.909. The van der Waals surface area contributed by atoms with E-state index in [-0.39, 0.29) is 5.56 Å². The van der Waals surface area contributed by atoms with Crippen molar-refractivity contribution in [3.8, 4) is 22.3 Å². The lowest BCUT2D eigenvalue weighted by atomic mass is 9.91. The summed E-state index contributed by atoms with van der Waals surface area (Å²) in [7, 11) is 1.84. The van der Waals surface area contributed by atoms with E-state index in [4.69, 9.17) is 0 Å². The fraction of sp³-hybridized carbons (Fsp3) is 0.0870. The van der Waals surface area contributed by atoms with Gasteiger partial charge in [0, 0.05) is 18.0 Å². The van der Waals surface area contributed by atoms with Gasteiger partial charge in [-0.05, 0) is 24.1 Å². The Hall–Kier alpha value is -3.13.